The van der Waals surface area contributed by atoms with Gasteiger partial charge in [0.05, 0.1) is 23.2 Å². The van der Waals surface area contributed by atoms with Gasteiger partial charge in [0.15, 0.2) is 0 Å². The van der Waals surface area contributed by atoms with Crippen LogP contribution in [0.3, 0.4) is 0 Å². The van der Waals surface area contributed by atoms with E-state index in [1.807, 2.05) is 41.5 Å². The van der Waals surface area contributed by atoms with Crippen molar-refractivity contribution in [3.63, 3.8) is 0 Å². The van der Waals surface area contributed by atoms with Gasteiger partial charge in [-0.1, -0.05) is 13.8 Å². The summed E-state index contributed by atoms with van der Waals surface area (Å²) >= 11 is 0. The van der Waals surface area contributed by atoms with Crippen molar-refractivity contribution in [3.05, 3.63) is 0 Å². The van der Waals surface area contributed by atoms with Gasteiger partial charge in [0.1, 0.15) is 11.7 Å². The molecule has 8 nitrogen and oxygen atoms in total. The van der Waals surface area contributed by atoms with Crippen molar-refractivity contribution in [3.8, 4) is 0 Å². The number of ether oxygens (including phenoxy) is 4. The van der Waals surface area contributed by atoms with E-state index >= 15 is 0 Å². The molecule has 1 aliphatic heterocycles. The van der Waals surface area contributed by atoms with Crippen LogP contribution in [0.2, 0.25) is 0 Å². The Bertz CT molecular complexity index is 1160. The molecular formula is C35H52O8. The molecule has 1 saturated heterocycles. The summed E-state index contributed by atoms with van der Waals surface area (Å²) in [6.45, 7) is 12.7. The molecule has 0 amide bonds. The van der Waals surface area contributed by atoms with Crippen LogP contribution in [0.15, 0.2) is 0 Å². The third-order valence-electron chi connectivity index (χ3n) is 12.4. The topological polar surface area (TPSA) is 105 Å². The minimum absolute atomic E-state index is 0.0381. The normalized spacial score (nSPS) is 43.9. The SMILES string of the molecule is CC(=O)OC(C)(C)C.CCC(CC(C)C(=O)OC1CC2CC1C1C3CCC(C3)C21)C(=O)OC12CC3CC1C(C)(C3)C(=O)O2. The Balaban J connectivity index is 0.000000365. The fraction of sp³-hybridized carbons (Fsp3) is 0.886. The predicted molar refractivity (Wildman–Crippen MR) is 157 cm³/mol. The van der Waals surface area contributed by atoms with E-state index in [9.17, 15) is 19.2 Å². The number of fused-ring (bicyclic) bond motifs is 10. The van der Waals surface area contributed by atoms with E-state index in [1.54, 1.807) is 0 Å². The van der Waals surface area contributed by atoms with Crippen molar-refractivity contribution >= 4 is 23.9 Å². The highest BCUT2D eigenvalue weighted by Crippen LogP contribution is 2.68. The van der Waals surface area contributed by atoms with E-state index in [2.05, 4.69) is 0 Å². The van der Waals surface area contributed by atoms with Crippen molar-refractivity contribution in [2.45, 2.75) is 130 Å². The first-order valence-corrected chi connectivity index (χ1v) is 17.0. The third kappa shape index (κ3) is 5.30. The molecule has 6 aliphatic carbocycles. The maximum Gasteiger partial charge on any atom is 0.315 e. The van der Waals surface area contributed by atoms with Crippen molar-refractivity contribution in [1.29, 1.82) is 0 Å². The first kappa shape index (κ1) is 30.9. The maximum atomic E-state index is 13.2. The lowest BCUT2D eigenvalue weighted by Crippen LogP contribution is -2.43. The second-order valence-electron chi connectivity index (χ2n) is 16.4. The number of carbonyl (C=O) groups excluding carboxylic acids is 4. The molecule has 43 heavy (non-hydrogen) atoms. The maximum absolute atomic E-state index is 13.2. The molecule has 0 aromatic rings. The average molecular weight is 601 g/mol. The minimum Gasteiger partial charge on any atom is -0.462 e. The smallest absolute Gasteiger partial charge is 0.315 e. The second-order valence-corrected chi connectivity index (χ2v) is 16.4. The zero-order valence-corrected chi connectivity index (χ0v) is 27.2. The molecule has 7 aliphatic rings. The molecule has 0 aromatic heterocycles. The van der Waals surface area contributed by atoms with E-state index in [1.165, 1.54) is 32.6 Å². The predicted octanol–water partition coefficient (Wildman–Crippen LogP) is 6.23. The molecule has 240 valence electrons. The fourth-order valence-corrected chi connectivity index (χ4v) is 11.1. The summed E-state index contributed by atoms with van der Waals surface area (Å²) in [6.07, 6.45) is 9.94. The summed E-state index contributed by atoms with van der Waals surface area (Å²) in [5.74, 6) is 2.41. The molecular weight excluding hydrogens is 548 g/mol. The molecule has 7 rings (SSSR count). The van der Waals surface area contributed by atoms with Gasteiger partial charge in [-0.15, -0.1) is 0 Å². The largest absolute Gasteiger partial charge is 0.462 e. The Hall–Kier alpha value is -2.12. The highest BCUT2D eigenvalue weighted by atomic mass is 16.7. The van der Waals surface area contributed by atoms with Crippen LogP contribution in [-0.4, -0.2) is 41.4 Å². The number of esters is 4. The van der Waals surface area contributed by atoms with Crippen molar-refractivity contribution in [1.82, 2.24) is 0 Å². The van der Waals surface area contributed by atoms with E-state index in [0.717, 1.165) is 48.9 Å². The van der Waals surface area contributed by atoms with Gasteiger partial charge in [-0.25, -0.2) is 0 Å². The van der Waals surface area contributed by atoms with Crippen molar-refractivity contribution in [2.24, 2.45) is 64.6 Å². The summed E-state index contributed by atoms with van der Waals surface area (Å²) < 4.78 is 22.7. The van der Waals surface area contributed by atoms with Gasteiger partial charge in [0.25, 0.3) is 5.79 Å². The highest BCUT2D eigenvalue weighted by molar-refractivity contribution is 5.82. The van der Waals surface area contributed by atoms with Crippen LogP contribution in [-0.2, 0) is 38.1 Å². The van der Waals surface area contributed by atoms with Gasteiger partial charge in [0, 0.05) is 13.3 Å². The lowest BCUT2D eigenvalue weighted by molar-refractivity contribution is -0.226. The molecule has 0 spiro atoms. The first-order valence-electron chi connectivity index (χ1n) is 17.0. The van der Waals surface area contributed by atoms with E-state index in [4.69, 9.17) is 18.9 Å². The van der Waals surface area contributed by atoms with E-state index in [0.29, 0.717) is 31.1 Å². The van der Waals surface area contributed by atoms with Gasteiger partial charge >= 0.3 is 23.9 Å². The molecule has 0 N–H and O–H groups in total. The molecule has 6 saturated carbocycles. The molecule has 0 radical (unpaired) electrons. The van der Waals surface area contributed by atoms with Crippen LogP contribution in [0.1, 0.15) is 113 Å². The molecule has 1 heterocycles. The second kappa shape index (κ2) is 10.8. The Morgan fingerprint density at radius 1 is 0.977 bits per heavy atom. The van der Waals surface area contributed by atoms with E-state index in [-0.39, 0.29) is 47.4 Å². The molecule has 0 aromatic carbocycles. The van der Waals surface area contributed by atoms with Crippen LogP contribution < -0.4 is 0 Å². The quantitative estimate of drug-likeness (QED) is 0.192. The van der Waals surface area contributed by atoms with Crippen molar-refractivity contribution in [2.75, 3.05) is 0 Å². The molecule has 6 bridgehead atoms. The van der Waals surface area contributed by atoms with Gasteiger partial charge < -0.3 is 18.9 Å². The lowest BCUT2D eigenvalue weighted by Gasteiger charge is -2.38. The van der Waals surface area contributed by atoms with Gasteiger partial charge in [-0.3, -0.25) is 19.2 Å². The first-order chi connectivity index (χ1) is 20.1. The lowest BCUT2D eigenvalue weighted by atomic mass is 9.70. The number of rotatable bonds is 7. The Morgan fingerprint density at radius 2 is 1.67 bits per heavy atom. The third-order valence-corrected chi connectivity index (χ3v) is 12.4. The number of hydrogen-bond donors (Lipinski definition) is 0. The van der Waals surface area contributed by atoms with Crippen LogP contribution in [0.25, 0.3) is 0 Å². The van der Waals surface area contributed by atoms with Crippen LogP contribution >= 0.6 is 0 Å². The molecule has 13 unspecified atom stereocenters. The van der Waals surface area contributed by atoms with Crippen LogP contribution in [0.5, 0.6) is 0 Å². The minimum atomic E-state index is -1.08. The standard InChI is InChI=1S/C29H40O6.C6H12O2/c1-4-16(26(31)34-29-13-15-8-22(29)28(3,12-15)27(32)35-29)7-14(2)25(30)33-21-11-19-10-20(21)24-18-6-5-17(9-18)23(19)24;1-5(7)8-6(2,3)4/h14-24H,4-13H2,1-3H3;1-4H3. The Morgan fingerprint density at radius 3 is 2.28 bits per heavy atom. The zero-order chi connectivity index (χ0) is 31.1. The van der Waals surface area contributed by atoms with Gasteiger partial charge in [-0.2, -0.15) is 0 Å². The van der Waals surface area contributed by atoms with Crippen LogP contribution in [0, 0.1) is 64.6 Å². The van der Waals surface area contributed by atoms with Gasteiger partial charge in [0.2, 0.25) is 0 Å². The summed E-state index contributed by atoms with van der Waals surface area (Å²) in [5, 5.41) is 0. The summed E-state index contributed by atoms with van der Waals surface area (Å²) in [5.41, 5.74) is -0.841. The van der Waals surface area contributed by atoms with E-state index < -0.39 is 17.1 Å². The molecule has 13 atom stereocenters. The monoisotopic (exact) mass is 600 g/mol. The summed E-state index contributed by atoms with van der Waals surface area (Å²) in [7, 11) is 0. The Kier molecular flexibility index (Phi) is 7.72. The van der Waals surface area contributed by atoms with Gasteiger partial charge in [-0.05, 0) is 127 Å². The average Bonchev–Trinajstić information content (AvgIpc) is 3.73. The van der Waals surface area contributed by atoms with Crippen LogP contribution in [0.4, 0.5) is 0 Å². The molecule has 8 heteroatoms. The summed E-state index contributed by atoms with van der Waals surface area (Å²) in [4.78, 5) is 49.2. The zero-order valence-electron chi connectivity index (χ0n) is 27.2. The van der Waals surface area contributed by atoms with Crippen molar-refractivity contribution < 1.29 is 38.1 Å². The highest BCUT2D eigenvalue weighted by Gasteiger charge is 2.74. The molecule has 7 fully saturated rings. The number of hydrogen-bond acceptors (Lipinski definition) is 8. The summed E-state index contributed by atoms with van der Waals surface area (Å²) in [6, 6.07) is 0. The fourth-order valence-electron chi connectivity index (χ4n) is 11.1. The number of carbonyl (C=O) groups is 4. The Labute approximate surface area is 256 Å².